The van der Waals surface area contributed by atoms with E-state index in [-0.39, 0.29) is 0 Å². The highest BCUT2D eigenvalue weighted by atomic mass is 32.2. The second-order valence-corrected chi connectivity index (χ2v) is 5.95. The number of nitrogens with one attached hydrogen (secondary N) is 1. The normalized spacial score (nSPS) is 28.7. The molecule has 1 saturated heterocycles. The molecule has 17 heavy (non-hydrogen) atoms. The molecule has 0 spiro atoms. The average Bonchev–Trinajstić information content (AvgIpc) is 2.39. The number of hydrogen-bond donors (Lipinski definition) is 1. The molecule has 0 aliphatic carbocycles. The second kappa shape index (κ2) is 5.30. The highest BCUT2D eigenvalue weighted by Gasteiger charge is 2.50. The standard InChI is InChI=1S/C11H14N2O2S2/c1-12-10(16)11(8-15-5-6-17(11)14)9-3-2-4-13-7-9/h2-4,7H,5-6,8H2,1H3,(H,12,16)/t11-,17-/m0/s1. The Balaban J connectivity index is 2.46. The van der Waals surface area contributed by atoms with Crippen molar-refractivity contribution in [3.63, 3.8) is 0 Å². The lowest BCUT2D eigenvalue weighted by molar-refractivity contribution is 0.125. The summed E-state index contributed by atoms with van der Waals surface area (Å²) in [4.78, 5) is 4.62. The van der Waals surface area contributed by atoms with Gasteiger partial charge in [-0.1, -0.05) is 18.3 Å². The number of rotatable bonds is 2. The van der Waals surface area contributed by atoms with Gasteiger partial charge in [0, 0.05) is 25.0 Å². The van der Waals surface area contributed by atoms with Crippen molar-refractivity contribution in [1.82, 2.24) is 10.3 Å². The predicted molar refractivity (Wildman–Crippen MR) is 71.4 cm³/mol. The molecular weight excluding hydrogens is 256 g/mol. The van der Waals surface area contributed by atoms with Gasteiger partial charge in [0.2, 0.25) is 4.75 Å². The Morgan fingerprint density at radius 2 is 2.53 bits per heavy atom. The molecule has 2 rings (SSSR count). The van der Waals surface area contributed by atoms with Crippen molar-refractivity contribution in [2.75, 3.05) is 26.0 Å². The maximum atomic E-state index is 12.4. The summed E-state index contributed by atoms with van der Waals surface area (Å²) in [5, 5.41) is 2.94. The van der Waals surface area contributed by atoms with E-state index in [4.69, 9.17) is 17.0 Å². The summed E-state index contributed by atoms with van der Waals surface area (Å²) in [5.74, 6) is 0.497. The Labute approximate surface area is 109 Å². The highest BCUT2D eigenvalue weighted by molar-refractivity contribution is 7.95. The molecule has 4 nitrogen and oxygen atoms in total. The average molecular weight is 270 g/mol. The molecule has 1 fully saturated rings. The first-order valence-corrected chi connectivity index (χ1v) is 7.03. The van der Waals surface area contributed by atoms with Crippen LogP contribution in [-0.4, -0.2) is 40.5 Å². The van der Waals surface area contributed by atoms with Gasteiger partial charge in [-0.3, -0.25) is 4.98 Å². The Bertz CT molecular complexity index is 402. The molecule has 6 heteroatoms. The van der Waals surface area contributed by atoms with Crippen LogP contribution in [0.5, 0.6) is 0 Å². The van der Waals surface area contributed by atoms with Crippen LogP contribution in [-0.2, 0) is 20.7 Å². The SMILES string of the molecule is CNC(=S)[C@@]1(c2cccnc2)COCC[S@+]1[O-]. The Morgan fingerprint density at radius 1 is 1.71 bits per heavy atom. The Hall–Kier alpha value is -0.690. The van der Waals surface area contributed by atoms with Crippen molar-refractivity contribution in [2.24, 2.45) is 0 Å². The van der Waals surface area contributed by atoms with Gasteiger partial charge in [-0.25, -0.2) is 0 Å². The lowest BCUT2D eigenvalue weighted by atomic mass is 10.0. The van der Waals surface area contributed by atoms with Gasteiger partial charge >= 0.3 is 0 Å². The van der Waals surface area contributed by atoms with E-state index in [1.54, 1.807) is 19.4 Å². The van der Waals surface area contributed by atoms with E-state index in [0.29, 0.717) is 24.0 Å². The predicted octanol–water partition coefficient (Wildman–Crippen LogP) is 0.603. The number of nitrogens with zero attached hydrogens (tertiary/aromatic N) is 1. The molecule has 1 aliphatic heterocycles. The van der Waals surface area contributed by atoms with Gasteiger partial charge in [0.25, 0.3) is 0 Å². The van der Waals surface area contributed by atoms with E-state index in [1.165, 1.54) is 0 Å². The quantitative estimate of drug-likeness (QED) is 0.630. The summed E-state index contributed by atoms with van der Waals surface area (Å²) < 4.78 is 17.1. The van der Waals surface area contributed by atoms with Crippen molar-refractivity contribution in [3.05, 3.63) is 30.1 Å². The van der Waals surface area contributed by atoms with E-state index in [9.17, 15) is 4.55 Å². The molecule has 2 heterocycles. The summed E-state index contributed by atoms with van der Waals surface area (Å²) in [6, 6.07) is 3.71. The third kappa shape index (κ3) is 2.18. The van der Waals surface area contributed by atoms with E-state index in [1.807, 2.05) is 12.1 Å². The fraction of sp³-hybridized carbons (Fsp3) is 0.455. The Morgan fingerprint density at radius 3 is 3.12 bits per heavy atom. The van der Waals surface area contributed by atoms with Crippen LogP contribution in [0.4, 0.5) is 0 Å². The summed E-state index contributed by atoms with van der Waals surface area (Å²) in [6.45, 7) is 0.853. The van der Waals surface area contributed by atoms with Gasteiger partial charge in [-0.2, -0.15) is 0 Å². The molecule has 1 aliphatic rings. The van der Waals surface area contributed by atoms with Crippen LogP contribution in [0.3, 0.4) is 0 Å². The third-order valence-corrected chi connectivity index (χ3v) is 5.38. The summed E-state index contributed by atoms with van der Waals surface area (Å²) in [5.41, 5.74) is 0.845. The zero-order valence-corrected chi connectivity index (χ0v) is 11.1. The molecule has 0 bridgehead atoms. The largest absolute Gasteiger partial charge is 0.615 e. The minimum Gasteiger partial charge on any atom is -0.615 e. The molecule has 0 amide bonds. The maximum Gasteiger partial charge on any atom is 0.224 e. The van der Waals surface area contributed by atoms with Crippen LogP contribution >= 0.6 is 12.2 Å². The number of pyridine rings is 1. The lowest BCUT2D eigenvalue weighted by Gasteiger charge is -2.38. The number of thiocarbonyl (C=S) groups is 1. The van der Waals surface area contributed by atoms with Gasteiger partial charge in [0.05, 0.1) is 6.61 Å². The highest BCUT2D eigenvalue weighted by Crippen LogP contribution is 2.35. The monoisotopic (exact) mass is 270 g/mol. The fourth-order valence-electron chi connectivity index (χ4n) is 1.91. The second-order valence-electron chi connectivity index (χ2n) is 3.75. The molecule has 2 atom stereocenters. The molecule has 1 N–H and O–H groups in total. The van der Waals surface area contributed by atoms with Crippen LogP contribution in [0.1, 0.15) is 5.56 Å². The van der Waals surface area contributed by atoms with Crippen LogP contribution in [0, 0.1) is 0 Å². The topological polar surface area (TPSA) is 57.2 Å². The van der Waals surface area contributed by atoms with Gasteiger partial charge < -0.3 is 14.6 Å². The Kier molecular flexibility index (Phi) is 3.98. The van der Waals surface area contributed by atoms with Gasteiger partial charge in [0.1, 0.15) is 17.3 Å². The summed E-state index contributed by atoms with van der Waals surface area (Å²) in [7, 11) is 1.74. The van der Waals surface area contributed by atoms with Crippen LogP contribution < -0.4 is 5.32 Å². The van der Waals surface area contributed by atoms with Gasteiger partial charge in [-0.05, 0) is 17.2 Å². The van der Waals surface area contributed by atoms with Crippen molar-refractivity contribution in [1.29, 1.82) is 0 Å². The first kappa shape index (κ1) is 12.8. The number of ether oxygens (including phenoxy) is 1. The number of aromatic nitrogens is 1. The number of likely N-dealkylation sites (N-methyl/N-ethyl adjacent to an activating group) is 1. The molecule has 1 aromatic heterocycles. The van der Waals surface area contributed by atoms with Crippen molar-refractivity contribution < 1.29 is 9.29 Å². The molecule has 1 aromatic rings. The van der Waals surface area contributed by atoms with Crippen molar-refractivity contribution in [2.45, 2.75) is 4.75 Å². The molecule has 0 saturated carbocycles. The van der Waals surface area contributed by atoms with E-state index in [2.05, 4.69) is 10.3 Å². The van der Waals surface area contributed by atoms with Gasteiger partial charge in [0.15, 0.2) is 0 Å². The molecule has 92 valence electrons. The lowest BCUT2D eigenvalue weighted by Crippen LogP contribution is -2.55. The first-order valence-electron chi connectivity index (χ1n) is 5.30. The minimum atomic E-state index is -1.09. The molecule has 0 aromatic carbocycles. The maximum absolute atomic E-state index is 12.4. The van der Waals surface area contributed by atoms with E-state index < -0.39 is 15.9 Å². The van der Waals surface area contributed by atoms with E-state index in [0.717, 1.165) is 5.56 Å². The summed E-state index contributed by atoms with van der Waals surface area (Å²) >= 11 is 4.25. The first-order chi connectivity index (χ1) is 8.21. The number of hydrogen-bond acceptors (Lipinski definition) is 4. The fourth-order valence-corrected chi connectivity index (χ4v) is 3.89. The van der Waals surface area contributed by atoms with Crippen LogP contribution in [0.2, 0.25) is 0 Å². The molecule has 0 unspecified atom stereocenters. The zero-order chi connectivity index (χ0) is 12.3. The van der Waals surface area contributed by atoms with Crippen molar-refractivity contribution >= 4 is 28.4 Å². The summed E-state index contributed by atoms with van der Waals surface area (Å²) in [6.07, 6.45) is 3.39. The van der Waals surface area contributed by atoms with Crippen molar-refractivity contribution in [3.8, 4) is 0 Å². The van der Waals surface area contributed by atoms with Crippen LogP contribution in [0.25, 0.3) is 0 Å². The third-order valence-electron chi connectivity index (χ3n) is 2.83. The molecular formula is C11H14N2O2S2. The van der Waals surface area contributed by atoms with Crippen LogP contribution in [0.15, 0.2) is 24.5 Å². The minimum absolute atomic E-state index is 0.338. The van der Waals surface area contributed by atoms with Gasteiger partial charge in [-0.15, -0.1) is 0 Å². The molecule has 0 radical (unpaired) electrons. The van der Waals surface area contributed by atoms with E-state index >= 15 is 0 Å². The smallest absolute Gasteiger partial charge is 0.224 e. The zero-order valence-electron chi connectivity index (χ0n) is 9.51.